The summed E-state index contributed by atoms with van der Waals surface area (Å²) in [5.41, 5.74) is 2.73. The van der Waals surface area contributed by atoms with E-state index in [0.717, 1.165) is 26.2 Å². The number of halogens is 1. The summed E-state index contributed by atoms with van der Waals surface area (Å²) in [4.78, 5) is 4.86. The summed E-state index contributed by atoms with van der Waals surface area (Å²) in [6.45, 7) is 4.20. The summed E-state index contributed by atoms with van der Waals surface area (Å²) in [7, 11) is 0. The van der Waals surface area contributed by atoms with Crippen molar-refractivity contribution in [1.82, 2.24) is 9.80 Å². The Morgan fingerprint density at radius 3 is 1.67 bits per heavy atom. The smallest absolute Gasteiger partial charge is 0.0739 e. The fourth-order valence-corrected chi connectivity index (χ4v) is 3.26. The van der Waals surface area contributed by atoms with Crippen LogP contribution in [-0.4, -0.2) is 42.0 Å². The maximum atomic E-state index is 5.95. The summed E-state index contributed by atoms with van der Waals surface area (Å²) in [5, 5.41) is 0. The zero-order valence-electron chi connectivity index (χ0n) is 12.2. The monoisotopic (exact) mass is 300 g/mol. The van der Waals surface area contributed by atoms with Crippen LogP contribution in [0.4, 0.5) is 0 Å². The van der Waals surface area contributed by atoms with Crippen LogP contribution in [0.25, 0.3) is 0 Å². The first-order chi connectivity index (χ1) is 10.4. The van der Waals surface area contributed by atoms with E-state index in [2.05, 4.69) is 70.5 Å². The van der Waals surface area contributed by atoms with Crippen LogP contribution in [0.2, 0.25) is 0 Å². The molecule has 3 heteroatoms. The highest BCUT2D eigenvalue weighted by atomic mass is 35.5. The third kappa shape index (κ3) is 3.46. The maximum Gasteiger partial charge on any atom is 0.0739 e. The number of piperazine rings is 1. The highest BCUT2D eigenvalue weighted by Gasteiger charge is 2.25. The van der Waals surface area contributed by atoms with Crippen molar-refractivity contribution < 1.29 is 0 Å². The number of hydrogen-bond acceptors (Lipinski definition) is 2. The molecule has 0 aromatic heterocycles. The van der Waals surface area contributed by atoms with Gasteiger partial charge in [0.2, 0.25) is 0 Å². The normalized spacial score (nSPS) is 17.2. The van der Waals surface area contributed by atoms with Gasteiger partial charge in [-0.2, -0.15) is 0 Å². The van der Waals surface area contributed by atoms with E-state index >= 15 is 0 Å². The first kappa shape index (κ1) is 14.6. The average Bonchev–Trinajstić information content (AvgIpc) is 2.58. The predicted molar refractivity (Wildman–Crippen MR) is 88.6 cm³/mol. The molecule has 0 spiro atoms. The van der Waals surface area contributed by atoms with E-state index in [1.54, 1.807) is 0 Å². The summed E-state index contributed by atoms with van der Waals surface area (Å²) in [6.07, 6.45) is 0. The van der Waals surface area contributed by atoms with E-state index in [1.165, 1.54) is 11.1 Å². The van der Waals surface area contributed by atoms with Crippen molar-refractivity contribution in [3.8, 4) is 0 Å². The first-order valence-corrected chi connectivity index (χ1v) is 8.04. The Hall–Kier alpha value is -1.35. The van der Waals surface area contributed by atoms with Gasteiger partial charge in [-0.25, -0.2) is 0 Å². The molecule has 2 nitrogen and oxygen atoms in total. The molecule has 0 aliphatic carbocycles. The molecule has 1 aliphatic rings. The molecule has 0 radical (unpaired) electrons. The molecule has 110 valence electrons. The molecule has 2 aromatic rings. The molecule has 2 aromatic carbocycles. The number of alkyl halides is 1. The minimum atomic E-state index is 0.338. The van der Waals surface area contributed by atoms with Crippen LogP contribution < -0.4 is 0 Å². The van der Waals surface area contributed by atoms with Crippen molar-refractivity contribution in [2.45, 2.75) is 6.04 Å². The van der Waals surface area contributed by atoms with E-state index in [-0.39, 0.29) is 0 Å². The molecular formula is C18H21ClN2. The quantitative estimate of drug-likeness (QED) is 0.629. The summed E-state index contributed by atoms with van der Waals surface area (Å²) in [5.74, 6) is 0. The van der Waals surface area contributed by atoms with Gasteiger partial charge in [0.05, 0.1) is 12.0 Å². The maximum absolute atomic E-state index is 5.95. The third-order valence-electron chi connectivity index (χ3n) is 4.17. The van der Waals surface area contributed by atoms with Crippen molar-refractivity contribution in [3.05, 3.63) is 71.8 Å². The van der Waals surface area contributed by atoms with Crippen molar-refractivity contribution in [2.75, 3.05) is 32.2 Å². The van der Waals surface area contributed by atoms with Crippen molar-refractivity contribution in [3.63, 3.8) is 0 Å². The molecule has 1 heterocycles. The highest BCUT2D eigenvalue weighted by Crippen LogP contribution is 2.29. The Balaban J connectivity index is 1.87. The molecular weight excluding hydrogens is 280 g/mol. The average molecular weight is 301 g/mol. The molecule has 3 rings (SSSR count). The zero-order chi connectivity index (χ0) is 14.5. The van der Waals surface area contributed by atoms with E-state index in [1.807, 2.05) is 0 Å². The number of rotatable bonds is 4. The van der Waals surface area contributed by atoms with Crippen LogP contribution in [0.3, 0.4) is 0 Å². The lowest BCUT2D eigenvalue weighted by molar-refractivity contribution is 0.122. The lowest BCUT2D eigenvalue weighted by Crippen LogP contribution is -2.47. The molecule has 0 unspecified atom stereocenters. The van der Waals surface area contributed by atoms with Gasteiger partial charge >= 0.3 is 0 Å². The van der Waals surface area contributed by atoms with Crippen LogP contribution in [0.15, 0.2) is 60.7 Å². The number of benzene rings is 2. The fourth-order valence-electron chi connectivity index (χ4n) is 3.03. The van der Waals surface area contributed by atoms with Crippen molar-refractivity contribution in [1.29, 1.82) is 0 Å². The van der Waals surface area contributed by atoms with Gasteiger partial charge in [0, 0.05) is 26.2 Å². The minimum Gasteiger partial charge on any atom is -0.290 e. The van der Waals surface area contributed by atoms with E-state index in [0.29, 0.717) is 12.0 Å². The van der Waals surface area contributed by atoms with Gasteiger partial charge in [0.25, 0.3) is 0 Å². The van der Waals surface area contributed by atoms with Gasteiger partial charge in [-0.15, -0.1) is 11.6 Å². The third-order valence-corrected chi connectivity index (χ3v) is 4.51. The fraction of sp³-hybridized carbons (Fsp3) is 0.333. The standard InChI is InChI=1S/C18H21ClN2/c19-15-20-11-13-21(14-12-20)18(16-7-3-1-4-8-16)17-9-5-2-6-10-17/h1-10,18H,11-15H2. The number of nitrogens with zero attached hydrogens (tertiary/aromatic N) is 2. The van der Waals surface area contributed by atoms with Crippen molar-refractivity contribution >= 4 is 11.6 Å². The molecule has 0 atom stereocenters. The van der Waals surface area contributed by atoms with Gasteiger partial charge in [0.1, 0.15) is 0 Å². The first-order valence-electron chi connectivity index (χ1n) is 7.51. The Bertz CT molecular complexity index is 496. The lowest BCUT2D eigenvalue weighted by atomic mass is 9.96. The Labute approximate surface area is 131 Å². The van der Waals surface area contributed by atoms with Gasteiger partial charge < -0.3 is 0 Å². The molecule has 0 amide bonds. The van der Waals surface area contributed by atoms with Gasteiger partial charge in [0.15, 0.2) is 0 Å². The predicted octanol–water partition coefficient (Wildman–Crippen LogP) is 3.59. The molecule has 1 fully saturated rings. The van der Waals surface area contributed by atoms with Crippen molar-refractivity contribution in [2.24, 2.45) is 0 Å². The van der Waals surface area contributed by atoms with E-state index < -0.39 is 0 Å². The summed E-state index contributed by atoms with van der Waals surface area (Å²) >= 11 is 5.95. The topological polar surface area (TPSA) is 6.48 Å². The lowest BCUT2D eigenvalue weighted by Gasteiger charge is -2.39. The van der Waals surface area contributed by atoms with E-state index in [4.69, 9.17) is 11.6 Å². The molecule has 0 bridgehead atoms. The second-order valence-corrected chi connectivity index (χ2v) is 5.74. The largest absolute Gasteiger partial charge is 0.290 e. The minimum absolute atomic E-state index is 0.338. The Morgan fingerprint density at radius 2 is 1.24 bits per heavy atom. The number of hydrogen-bond donors (Lipinski definition) is 0. The van der Waals surface area contributed by atoms with Crippen LogP contribution in [0.5, 0.6) is 0 Å². The van der Waals surface area contributed by atoms with Crippen LogP contribution in [-0.2, 0) is 0 Å². The van der Waals surface area contributed by atoms with Gasteiger partial charge in [-0.05, 0) is 11.1 Å². The van der Waals surface area contributed by atoms with E-state index in [9.17, 15) is 0 Å². The Morgan fingerprint density at radius 1 is 0.762 bits per heavy atom. The zero-order valence-corrected chi connectivity index (χ0v) is 12.9. The molecule has 21 heavy (non-hydrogen) atoms. The summed E-state index contributed by atoms with van der Waals surface area (Å²) in [6, 6.07) is 22.5. The summed E-state index contributed by atoms with van der Waals surface area (Å²) < 4.78 is 0. The SMILES string of the molecule is ClCN1CCN(C(c2ccccc2)c2ccccc2)CC1. The molecule has 1 aliphatic heterocycles. The van der Waals surface area contributed by atoms with Gasteiger partial charge in [-0.1, -0.05) is 60.7 Å². The second-order valence-electron chi connectivity index (χ2n) is 5.50. The molecule has 1 saturated heterocycles. The van der Waals surface area contributed by atoms with Crippen LogP contribution in [0, 0.1) is 0 Å². The van der Waals surface area contributed by atoms with Crippen LogP contribution >= 0.6 is 11.6 Å². The second kappa shape index (κ2) is 7.08. The highest BCUT2D eigenvalue weighted by molar-refractivity contribution is 6.17. The van der Waals surface area contributed by atoms with Crippen LogP contribution in [0.1, 0.15) is 17.2 Å². The van der Waals surface area contributed by atoms with Gasteiger partial charge in [-0.3, -0.25) is 9.80 Å². The molecule has 0 N–H and O–H groups in total. The Kier molecular flexibility index (Phi) is 4.91. The molecule has 0 saturated carbocycles.